The van der Waals surface area contributed by atoms with Crippen LogP contribution in [-0.2, 0) is 39.4 Å². The molecule has 1 aromatic carbocycles. The summed E-state index contributed by atoms with van der Waals surface area (Å²) >= 11 is 0. The first kappa shape index (κ1) is 30.8. The summed E-state index contributed by atoms with van der Waals surface area (Å²) in [4.78, 5) is 64.7. The Bertz CT molecular complexity index is 1170. The number of hydrogen-bond donors (Lipinski definition) is 3. The van der Waals surface area contributed by atoms with Gasteiger partial charge in [-0.3, -0.25) is 28.6 Å². The van der Waals surface area contributed by atoms with Crippen LogP contribution in [0.15, 0.2) is 24.3 Å². The summed E-state index contributed by atoms with van der Waals surface area (Å²) in [5.41, 5.74) is -1.48. The maximum atomic E-state index is 14.1. The lowest BCUT2D eigenvalue weighted by Gasteiger charge is -2.46. The summed E-state index contributed by atoms with van der Waals surface area (Å²) < 4.78 is 24.7. The lowest BCUT2D eigenvalue weighted by atomic mass is 9.78. The summed E-state index contributed by atoms with van der Waals surface area (Å²) in [7, 11) is -4.74. The molecule has 0 spiro atoms. The molecule has 0 bridgehead atoms. The Morgan fingerprint density at radius 1 is 1.15 bits per heavy atom. The van der Waals surface area contributed by atoms with E-state index in [1.807, 2.05) is 0 Å². The van der Waals surface area contributed by atoms with Crippen molar-refractivity contribution in [3.63, 3.8) is 0 Å². The van der Waals surface area contributed by atoms with Crippen LogP contribution in [0.3, 0.4) is 0 Å². The Kier molecular flexibility index (Phi) is 8.99. The highest BCUT2D eigenvalue weighted by Crippen LogP contribution is 2.67. The van der Waals surface area contributed by atoms with E-state index in [0.29, 0.717) is 24.9 Å². The molecule has 11 nitrogen and oxygen atoms in total. The van der Waals surface area contributed by atoms with E-state index in [4.69, 9.17) is 9.26 Å². The number of anilines is 1. The van der Waals surface area contributed by atoms with Crippen molar-refractivity contribution in [2.24, 2.45) is 10.8 Å². The first-order chi connectivity index (χ1) is 18.1. The minimum Gasteiger partial charge on any atom is -0.480 e. The maximum absolute atomic E-state index is 14.1. The molecule has 1 fully saturated rings. The number of aryl methyl sites for hydroxylation is 1. The minimum absolute atomic E-state index is 0.129. The van der Waals surface area contributed by atoms with Gasteiger partial charge in [-0.15, -0.1) is 0 Å². The van der Waals surface area contributed by atoms with Crippen LogP contribution < -0.4 is 10.2 Å². The Balaban J connectivity index is 2.03. The molecule has 1 aromatic rings. The Morgan fingerprint density at radius 2 is 1.77 bits per heavy atom. The number of carboxylic acids is 1. The number of hydrogen-bond acceptors (Lipinski definition) is 7. The molecule has 0 saturated heterocycles. The highest BCUT2D eigenvalue weighted by atomic mass is 31.2. The zero-order chi connectivity index (χ0) is 29.2. The smallest absolute Gasteiger partial charge is 0.372 e. The van der Waals surface area contributed by atoms with Crippen molar-refractivity contribution in [3.8, 4) is 0 Å². The van der Waals surface area contributed by atoms with Gasteiger partial charge < -0.3 is 24.6 Å². The van der Waals surface area contributed by atoms with Gasteiger partial charge in [-0.05, 0) is 71.9 Å². The van der Waals surface area contributed by atoms with Gasteiger partial charge in [-0.2, -0.15) is 0 Å². The van der Waals surface area contributed by atoms with Crippen LogP contribution in [0.1, 0.15) is 72.3 Å². The van der Waals surface area contributed by atoms with Gasteiger partial charge in [0.15, 0.2) is 0 Å². The number of fused-ring (bicyclic) bond motifs is 1. The van der Waals surface area contributed by atoms with Crippen LogP contribution in [0.4, 0.5) is 5.69 Å². The lowest BCUT2D eigenvalue weighted by molar-refractivity contribution is -0.176. The summed E-state index contributed by atoms with van der Waals surface area (Å²) in [6.07, 6.45) is 1.89. The number of nitrogens with one attached hydrogen (secondary N) is 1. The van der Waals surface area contributed by atoms with Crippen LogP contribution in [0.2, 0.25) is 0 Å². The fourth-order valence-corrected chi connectivity index (χ4v) is 7.04. The molecule has 3 N–H and O–H groups in total. The van der Waals surface area contributed by atoms with Crippen molar-refractivity contribution in [3.05, 3.63) is 29.8 Å². The number of ether oxygens (including phenoxy) is 1. The van der Waals surface area contributed by atoms with E-state index in [-0.39, 0.29) is 25.9 Å². The van der Waals surface area contributed by atoms with Crippen molar-refractivity contribution in [2.45, 2.75) is 84.5 Å². The van der Waals surface area contributed by atoms with Crippen LogP contribution in [0, 0.1) is 10.8 Å². The van der Waals surface area contributed by atoms with E-state index < -0.39 is 60.1 Å². The predicted molar refractivity (Wildman–Crippen MR) is 143 cm³/mol. The van der Waals surface area contributed by atoms with Gasteiger partial charge in [0.1, 0.15) is 18.0 Å². The average molecular weight is 567 g/mol. The maximum Gasteiger partial charge on any atom is 0.372 e. The van der Waals surface area contributed by atoms with E-state index in [0.717, 1.165) is 10.5 Å². The average Bonchev–Trinajstić information content (AvgIpc) is 3.31. The Labute approximate surface area is 228 Å². The summed E-state index contributed by atoms with van der Waals surface area (Å²) in [5, 5.41) is 10.00. The van der Waals surface area contributed by atoms with Gasteiger partial charge >= 0.3 is 19.5 Å². The molecule has 1 aliphatic heterocycles. The first-order valence-electron chi connectivity index (χ1n) is 13.2. The standard InChI is InChI=1S/C27H39N2O9P/c1-6-37-39(35,36)26(5,38-24(34)25(2,3)4)27(15-9-10-16-27)23(33)28-19-14-13-18-11-7-8-12-20(18)29(22(19)32)17-21(30)31/h7-8,11-12,19H,6,9-10,13-17H2,1-5H3,(H,28,33)(H,30,31)(H,35,36)/t19-,26?/m0/s1. The second kappa shape index (κ2) is 11.4. The molecule has 3 atom stereocenters. The normalized spacial score (nSPS) is 22.2. The number of para-hydroxylation sites is 1. The van der Waals surface area contributed by atoms with Crippen molar-refractivity contribution >= 4 is 37.0 Å². The van der Waals surface area contributed by atoms with E-state index in [2.05, 4.69) is 5.32 Å². The molecule has 1 saturated carbocycles. The van der Waals surface area contributed by atoms with Gasteiger partial charge in [0, 0.05) is 5.69 Å². The molecule has 0 aromatic heterocycles. The number of carbonyl (C=O) groups is 4. The second-order valence-electron chi connectivity index (χ2n) is 11.4. The number of aliphatic carboxylic acids is 1. The third kappa shape index (κ3) is 5.90. The van der Waals surface area contributed by atoms with E-state index >= 15 is 0 Å². The molecule has 1 heterocycles. The van der Waals surface area contributed by atoms with E-state index in [1.54, 1.807) is 45.0 Å². The topological polar surface area (TPSA) is 160 Å². The monoisotopic (exact) mass is 566 g/mol. The molecule has 12 heteroatoms. The SMILES string of the molecule is CCOP(=O)(O)C(C)(OC(=O)C(C)(C)C)C1(C(=O)N[C@H]2CCc3ccccc3N(CC(=O)O)C2=O)CCCC1. The van der Waals surface area contributed by atoms with Gasteiger partial charge in [0.05, 0.1) is 12.0 Å². The Morgan fingerprint density at radius 3 is 2.33 bits per heavy atom. The largest absolute Gasteiger partial charge is 0.480 e. The van der Waals surface area contributed by atoms with Crippen LogP contribution in [0.5, 0.6) is 0 Å². The number of rotatable bonds is 9. The predicted octanol–water partition coefficient (Wildman–Crippen LogP) is 3.62. The molecule has 1 aliphatic carbocycles. The molecule has 2 aliphatic rings. The second-order valence-corrected chi connectivity index (χ2v) is 13.5. The molecule has 3 rings (SSSR count). The van der Waals surface area contributed by atoms with Crippen LogP contribution in [-0.4, -0.2) is 58.3 Å². The molecular formula is C27H39N2O9P. The third-order valence-electron chi connectivity index (χ3n) is 7.67. The lowest BCUT2D eigenvalue weighted by Crippen LogP contribution is -2.60. The fraction of sp³-hybridized carbons (Fsp3) is 0.630. The summed E-state index contributed by atoms with van der Waals surface area (Å²) in [5.74, 6) is -3.30. The van der Waals surface area contributed by atoms with Crippen molar-refractivity contribution in [1.29, 1.82) is 0 Å². The van der Waals surface area contributed by atoms with Crippen LogP contribution >= 0.6 is 7.60 Å². The molecule has 2 amide bonds. The number of amides is 2. The third-order valence-corrected chi connectivity index (χ3v) is 9.88. The molecule has 0 radical (unpaired) electrons. The molecule has 2 unspecified atom stereocenters. The van der Waals surface area contributed by atoms with Gasteiger partial charge in [0.2, 0.25) is 17.2 Å². The number of benzene rings is 1. The number of carboxylic acid groups (broad SMARTS) is 1. The van der Waals surface area contributed by atoms with Crippen molar-refractivity contribution in [2.75, 3.05) is 18.1 Å². The number of esters is 1. The van der Waals surface area contributed by atoms with Crippen LogP contribution in [0.25, 0.3) is 0 Å². The van der Waals surface area contributed by atoms with Gasteiger partial charge in [-0.25, -0.2) is 0 Å². The summed E-state index contributed by atoms with van der Waals surface area (Å²) in [6, 6.07) is 5.85. The van der Waals surface area contributed by atoms with Gasteiger partial charge in [0.25, 0.3) is 0 Å². The minimum atomic E-state index is -4.74. The fourth-order valence-electron chi connectivity index (χ4n) is 5.38. The van der Waals surface area contributed by atoms with Crippen molar-refractivity contribution < 1.29 is 43.0 Å². The number of carbonyl (C=O) groups excluding carboxylic acids is 3. The van der Waals surface area contributed by atoms with Gasteiger partial charge in [-0.1, -0.05) is 31.0 Å². The summed E-state index contributed by atoms with van der Waals surface area (Å²) in [6.45, 7) is 6.83. The highest BCUT2D eigenvalue weighted by Gasteiger charge is 2.67. The number of nitrogens with zero attached hydrogens (tertiary/aromatic N) is 1. The first-order valence-corrected chi connectivity index (χ1v) is 14.8. The Hall–Kier alpha value is -2.75. The quantitative estimate of drug-likeness (QED) is 0.300. The molecule has 39 heavy (non-hydrogen) atoms. The van der Waals surface area contributed by atoms with E-state index in [9.17, 15) is 33.7 Å². The molecular weight excluding hydrogens is 527 g/mol. The van der Waals surface area contributed by atoms with E-state index in [1.165, 1.54) is 13.8 Å². The zero-order valence-corrected chi connectivity index (χ0v) is 24.1. The van der Waals surface area contributed by atoms with Crippen molar-refractivity contribution in [1.82, 2.24) is 5.32 Å². The zero-order valence-electron chi connectivity index (χ0n) is 23.2. The molecule has 216 valence electrons. The highest BCUT2D eigenvalue weighted by molar-refractivity contribution is 7.54.